The first-order chi connectivity index (χ1) is 8.80. The topological polar surface area (TPSA) is 52.6 Å². The molecule has 5 heteroatoms. The van der Waals surface area contributed by atoms with Gasteiger partial charge in [-0.05, 0) is 12.5 Å². The van der Waals surface area contributed by atoms with Crippen LogP contribution in [-0.2, 0) is 9.47 Å². The van der Waals surface area contributed by atoms with E-state index in [0.29, 0.717) is 31.7 Å². The predicted octanol–water partition coefficient (Wildman–Crippen LogP) is 1.94. The van der Waals surface area contributed by atoms with Crippen LogP contribution in [0.15, 0.2) is 18.3 Å². The van der Waals surface area contributed by atoms with Gasteiger partial charge in [0.2, 0.25) is 5.88 Å². The Kier molecular flexibility index (Phi) is 7.13. The van der Waals surface area contributed by atoms with Gasteiger partial charge in [0.1, 0.15) is 6.61 Å². The highest BCUT2D eigenvalue weighted by Crippen LogP contribution is 2.13. The fraction of sp³-hybridized carbons (Fsp3) is 0.615. The largest absolute Gasteiger partial charge is 0.475 e. The highest BCUT2D eigenvalue weighted by Gasteiger charge is 2.05. The van der Waals surface area contributed by atoms with Crippen LogP contribution in [0.25, 0.3) is 0 Å². The van der Waals surface area contributed by atoms with Crippen molar-refractivity contribution in [2.45, 2.75) is 19.4 Å². The van der Waals surface area contributed by atoms with E-state index >= 15 is 0 Å². The van der Waals surface area contributed by atoms with E-state index in [0.717, 1.165) is 12.1 Å². The quantitative estimate of drug-likeness (QED) is 0.683. The van der Waals surface area contributed by atoms with Gasteiger partial charge in [-0.2, -0.15) is 0 Å². The second-order valence-corrected chi connectivity index (χ2v) is 3.93. The standard InChI is InChI=1S/C13H22N2O3/c1-4-11(10-17-3)15-12-5-6-13(14-9-12)18-8-7-16-2/h5-6,9,11,15H,4,7-8,10H2,1-3H3. The van der Waals surface area contributed by atoms with E-state index in [1.54, 1.807) is 20.4 Å². The Morgan fingerprint density at radius 2 is 2.06 bits per heavy atom. The smallest absolute Gasteiger partial charge is 0.213 e. The zero-order chi connectivity index (χ0) is 13.2. The summed E-state index contributed by atoms with van der Waals surface area (Å²) < 4.78 is 15.4. The van der Waals surface area contributed by atoms with Crippen LogP contribution >= 0.6 is 0 Å². The number of nitrogens with one attached hydrogen (secondary N) is 1. The Bertz CT molecular complexity index is 317. The average molecular weight is 254 g/mol. The third-order valence-corrected chi connectivity index (χ3v) is 2.51. The van der Waals surface area contributed by atoms with E-state index in [1.807, 2.05) is 12.1 Å². The SMILES string of the molecule is CCC(COC)Nc1ccc(OCCOC)nc1. The van der Waals surface area contributed by atoms with Gasteiger partial charge >= 0.3 is 0 Å². The van der Waals surface area contributed by atoms with E-state index in [-0.39, 0.29) is 0 Å². The molecule has 0 aliphatic heterocycles. The van der Waals surface area contributed by atoms with Gasteiger partial charge in [-0.15, -0.1) is 0 Å². The number of nitrogens with zero attached hydrogens (tertiary/aromatic N) is 1. The van der Waals surface area contributed by atoms with Gasteiger partial charge in [0, 0.05) is 26.3 Å². The second-order valence-electron chi connectivity index (χ2n) is 3.93. The van der Waals surface area contributed by atoms with Gasteiger partial charge in [0.15, 0.2) is 0 Å². The van der Waals surface area contributed by atoms with E-state index in [4.69, 9.17) is 14.2 Å². The molecule has 102 valence electrons. The molecule has 1 aromatic rings. The number of rotatable bonds is 9. The maximum Gasteiger partial charge on any atom is 0.213 e. The monoisotopic (exact) mass is 254 g/mol. The summed E-state index contributed by atoms with van der Waals surface area (Å²) in [7, 11) is 3.35. The number of pyridine rings is 1. The minimum absolute atomic E-state index is 0.303. The summed E-state index contributed by atoms with van der Waals surface area (Å²) in [5.41, 5.74) is 0.970. The van der Waals surface area contributed by atoms with Crippen LogP contribution in [0.3, 0.4) is 0 Å². The Hall–Kier alpha value is -1.33. The maximum absolute atomic E-state index is 5.39. The number of hydrogen-bond donors (Lipinski definition) is 1. The van der Waals surface area contributed by atoms with Crippen LogP contribution in [-0.4, -0.2) is 45.1 Å². The number of methoxy groups -OCH3 is 2. The van der Waals surface area contributed by atoms with Crippen molar-refractivity contribution in [1.82, 2.24) is 4.98 Å². The number of anilines is 1. The highest BCUT2D eigenvalue weighted by molar-refractivity contribution is 5.42. The first-order valence-electron chi connectivity index (χ1n) is 6.13. The molecule has 1 unspecified atom stereocenters. The molecule has 0 spiro atoms. The van der Waals surface area contributed by atoms with Crippen molar-refractivity contribution in [3.63, 3.8) is 0 Å². The molecule has 0 saturated heterocycles. The zero-order valence-corrected chi connectivity index (χ0v) is 11.3. The number of aromatic nitrogens is 1. The molecule has 1 atom stereocenters. The summed E-state index contributed by atoms with van der Waals surface area (Å²) in [4.78, 5) is 4.22. The van der Waals surface area contributed by atoms with Crippen LogP contribution in [0.1, 0.15) is 13.3 Å². The van der Waals surface area contributed by atoms with Crippen LogP contribution in [0, 0.1) is 0 Å². The molecule has 0 aromatic carbocycles. The Labute approximate surface area is 108 Å². The van der Waals surface area contributed by atoms with Crippen molar-refractivity contribution in [3.8, 4) is 5.88 Å². The molecular weight excluding hydrogens is 232 g/mol. The molecule has 1 heterocycles. The van der Waals surface area contributed by atoms with Gasteiger partial charge < -0.3 is 19.5 Å². The van der Waals surface area contributed by atoms with Crippen LogP contribution < -0.4 is 10.1 Å². The normalized spacial score (nSPS) is 12.2. The molecule has 0 radical (unpaired) electrons. The molecule has 1 N–H and O–H groups in total. The minimum atomic E-state index is 0.303. The lowest BCUT2D eigenvalue weighted by Gasteiger charge is -2.17. The Morgan fingerprint density at radius 3 is 2.61 bits per heavy atom. The molecule has 0 aliphatic carbocycles. The summed E-state index contributed by atoms with van der Waals surface area (Å²) in [6.07, 6.45) is 2.76. The first kappa shape index (κ1) is 14.7. The fourth-order valence-electron chi connectivity index (χ4n) is 1.48. The van der Waals surface area contributed by atoms with E-state index in [9.17, 15) is 0 Å². The zero-order valence-electron chi connectivity index (χ0n) is 11.3. The van der Waals surface area contributed by atoms with Crippen molar-refractivity contribution in [2.24, 2.45) is 0 Å². The molecule has 0 bridgehead atoms. The number of ether oxygens (including phenoxy) is 3. The molecular formula is C13H22N2O3. The summed E-state index contributed by atoms with van der Waals surface area (Å²) in [5.74, 6) is 0.609. The van der Waals surface area contributed by atoms with Crippen molar-refractivity contribution in [2.75, 3.05) is 39.4 Å². The van der Waals surface area contributed by atoms with E-state index in [2.05, 4.69) is 17.2 Å². The van der Waals surface area contributed by atoms with Crippen LogP contribution in [0.5, 0.6) is 5.88 Å². The van der Waals surface area contributed by atoms with Crippen LogP contribution in [0.4, 0.5) is 5.69 Å². The fourth-order valence-corrected chi connectivity index (χ4v) is 1.48. The summed E-state index contributed by atoms with van der Waals surface area (Å²) >= 11 is 0. The molecule has 18 heavy (non-hydrogen) atoms. The van der Waals surface area contributed by atoms with Crippen molar-refractivity contribution < 1.29 is 14.2 Å². The van der Waals surface area contributed by atoms with Crippen molar-refractivity contribution >= 4 is 5.69 Å². The third kappa shape index (κ3) is 5.33. The summed E-state index contributed by atoms with van der Waals surface area (Å²) in [5, 5.41) is 3.36. The predicted molar refractivity (Wildman–Crippen MR) is 71.2 cm³/mol. The summed E-state index contributed by atoms with van der Waals surface area (Å²) in [6.45, 7) is 3.87. The first-order valence-corrected chi connectivity index (χ1v) is 6.13. The molecule has 1 rings (SSSR count). The van der Waals surface area contributed by atoms with E-state index < -0.39 is 0 Å². The maximum atomic E-state index is 5.39. The number of hydrogen-bond acceptors (Lipinski definition) is 5. The van der Waals surface area contributed by atoms with Gasteiger partial charge in [0.05, 0.1) is 25.1 Å². The lowest BCUT2D eigenvalue weighted by atomic mass is 10.2. The van der Waals surface area contributed by atoms with Gasteiger partial charge in [0.25, 0.3) is 0 Å². The van der Waals surface area contributed by atoms with Crippen molar-refractivity contribution in [3.05, 3.63) is 18.3 Å². The Balaban J connectivity index is 2.43. The Morgan fingerprint density at radius 1 is 1.22 bits per heavy atom. The molecule has 0 amide bonds. The molecule has 0 fully saturated rings. The molecule has 0 saturated carbocycles. The van der Waals surface area contributed by atoms with Crippen molar-refractivity contribution in [1.29, 1.82) is 0 Å². The van der Waals surface area contributed by atoms with Gasteiger partial charge in [-0.25, -0.2) is 4.98 Å². The molecule has 1 aromatic heterocycles. The van der Waals surface area contributed by atoms with Gasteiger partial charge in [-0.3, -0.25) is 0 Å². The minimum Gasteiger partial charge on any atom is -0.475 e. The molecule has 5 nitrogen and oxygen atoms in total. The molecule has 0 aliphatic rings. The lowest BCUT2D eigenvalue weighted by Crippen LogP contribution is -2.23. The lowest BCUT2D eigenvalue weighted by molar-refractivity contribution is 0.144. The average Bonchev–Trinajstić information content (AvgIpc) is 2.40. The summed E-state index contributed by atoms with van der Waals surface area (Å²) in [6, 6.07) is 4.10. The third-order valence-electron chi connectivity index (χ3n) is 2.51. The van der Waals surface area contributed by atoms with Crippen LogP contribution in [0.2, 0.25) is 0 Å². The highest BCUT2D eigenvalue weighted by atomic mass is 16.5. The van der Waals surface area contributed by atoms with E-state index in [1.165, 1.54) is 0 Å². The van der Waals surface area contributed by atoms with Gasteiger partial charge in [-0.1, -0.05) is 6.92 Å². The second kappa shape index (κ2) is 8.72.